The summed E-state index contributed by atoms with van der Waals surface area (Å²) in [6, 6.07) is 6.24. The predicted molar refractivity (Wildman–Crippen MR) is 105 cm³/mol. The number of nitrogens with one attached hydrogen (secondary N) is 1. The second-order valence-electron chi connectivity index (χ2n) is 6.52. The number of furan rings is 1. The summed E-state index contributed by atoms with van der Waals surface area (Å²) in [5.74, 6) is 1.42. The van der Waals surface area contributed by atoms with Gasteiger partial charge in [0.05, 0.1) is 18.2 Å². The molecule has 1 N–H and O–H groups in total. The van der Waals surface area contributed by atoms with Gasteiger partial charge in [-0.05, 0) is 42.5 Å². The molecule has 26 heavy (non-hydrogen) atoms. The van der Waals surface area contributed by atoms with E-state index < -0.39 is 0 Å². The van der Waals surface area contributed by atoms with Gasteiger partial charge in [-0.3, -0.25) is 9.69 Å². The SMILES string of the molecule is C[C@H]1c2ccsc2CCN1Cc1nc2scc(-c3ccco3)c2c(=O)[nH]1. The first-order valence-corrected chi connectivity index (χ1v) is 10.3. The van der Waals surface area contributed by atoms with Crippen LogP contribution in [0.15, 0.2) is 44.4 Å². The lowest BCUT2D eigenvalue weighted by atomic mass is 10.0. The van der Waals surface area contributed by atoms with Crippen LogP contribution >= 0.6 is 22.7 Å². The Morgan fingerprint density at radius 2 is 2.31 bits per heavy atom. The molecular weight excluding hydrogens is 366 g/mol. The molecule has 0 saturated carbocycles. The van der Waals surface area contributed by atoms with E-state index in [2.05, 4.69) is 28.3 Å². The van der Waals surface area contributed by atoms with Crippen molar-refractivity contribution in [1.29, 1.82) is 0 Å². The number of thiophene rings is 2. The lowest BCUT2D eigenvalue weighted by Gasteiger charge is -2.33. The van der Waals surface area contributed by atoms with Crippen molar-refractivity contribution in [3.8, 4) is 11.3 Å². The van der Waals surface area contributed by atoms with E-state index in [1.165, 1.54) is 21.8 Å². The van der Waals surface area contributed by atoms with E-state index in [9.17, 15) is 4.79 Å². The highest BCUT2D eigenvalue weighted by Gasteiger charge is 2.25. The molecule has 0 aliphatic carbocycles. The van der Waals surface area contributed by atoms with Gasteiger partial charge < -0.3 is 9.40 Å². The Morgan fingerprint density at radius 1 is 1.38 bits per heavy atom. The average molecular weight is 383 g/mol. The molecule has 1 atom stereocenters. The molecule has 1 aliphatic rings. The number of nitrogens with zero attached hydrogens (tertiary/aromatic N) is 2. The molecule has 0 radical (unpaired) electrons. The minimum absolute atomic E-state index is 0.0986. The van der Waals surface area contributed by atoms with Crippen LogP contribution in [-0.4, -0.2) is 21.4 Å². The van der Waals surface area contributed by atoms with E-state index in [4.69, 9.17) is 9.40 Å². The van der Waals surface area contributed by atoms with Crippen LogP contribution in [0.3, 0.4) is 0 Å². The Morgan fingerprint density at radius 3 is 3.15 bits per heavy atom. The van der Waals surface area contributed by atoms with E-state index in [1.807, 2.05) is 28.8 Å². The van der Waals surface area contributed by atoms with Crippen LogP contribution in [0, 0.1) is 0 Å². The highest BCUT2D eigenvalue weighted by molar-refractivity contribution is 7.17. The maximum atomic E-state index is 12.7. The number of H-pyrrole nitrogens is 1. The standard InChI is InChI=1S/C19H17N3O2S2/c1-11-12-5-8-25-15(12)4-6-22(11)9-16-20-18(23)17-13(10-26-19(17)21-16)14-3-2-7-24-14/h2-3,5,7-8,10-11H,4,6,9H2,1H3,(H,20,21,23)/t11-/m0/s1. The summed E-state index contributed by atoms with van der Waals surface area (Å²) in [6.45, 7) is 3.86. The Balaban J connectivity index is 1.49. The van der Waals surface area contributed by atoms with Gasteiger partial charge in [-0.15, -0.1) is 22.7 Å². The molecule has 5 heterocycles. The molecule has 0 amide bonds. The Kier molecular flexibility index (Phi) is 3.81. The van der Waals surface area contributed by atoms with Crippen LogP contribution < -0.4 is 5.56 Å². The zero-order valence-electron chi connectivity index (χ0n) is 14.2. The summed E-state index contributed by atoms with van der Waals surface area (Å²) in [5.41, 5.74) is 2.11. The smallest absolute Gasteiger partial charge is 0.260 e. The van der Waals surface area contributed by atoms with Gasteiger partial charge in [0.1, 0.15) is 16.4 Å². The summed E-state index contributed by atoms with van der Waals surface area (Å²) in [6.07, 6.45) is 2.68. The van der Waals surface area contributed by atoms with Crippen LogP contribution in [-0.2, 0) is 13.0 Å². The number of hydrogen-bond acceptors (Lipinski definition) is 6. The third-order valence-electron chi connectivity index (χ3n) is 5.04. The minimum atomic E-state index is -0.0986. The van der Waals surface area contributed by atoms with Gasteiger partial charge in [0.15, 0.2) is 0 Å². The molecule has 0 fully saturated rings. The molecule has 0 saturated heterocycles. The molecule has 0 spiro atoms. The largest absolute Gasteiger partial charge is 0.464 e. The summed E-state index contributed by atoms with van der Waals surface area (Å²) in [7, 11) is 0. The van der Waals surface area contributed by atoms with E-state index >= 15 is 0 Å². The van der Waals surface area contributed by atoms with Crippen molar-refractivity contribution in [3.05, 3.63) is 61.8 Å². The molecular formula is C19H17N3O2S2. The van der Waals surface area contributed by atoms with Gasteiger partial charge in [-0.2, -0.15) is 0 Å². The first-order chi connectivity index (χ1) is 12.7. The second kappa shape index (κ2) is 6.19. The fraction of sp³-hybridized carbons (Fsp3) is 0.263. The molecule has 0 unspecified atom stereocenters. The van der Waals surface area contributed by atoms with Crippen LogP contribution in [0.4, 0.5) is 0 Å². The van der Waals surface area contributed by atoms with Crippen molar-refractivity contribution in [2.24, 2.45) is 0 Å². The zero-order chi connectivity index (χ0) is 17.7. The maximum absolute atomic E-state index is 12.7. The molecule has 132 valence electrons. The second-order valence-corrected chi connectivity index (χ2v) is 8.37. The Hall–Kier alpha value is -2.22. The van der Waals surface area contributed by atoms with Crippen LogP contribution in [0.1, 0.15) is 29.2 Å². The number of fused-ring (bicyclic) bond motifs is 2. The average Bonchev–Trinajstić information content (AvgIpc) is 3.36. The monoisotopic (exact) mass is 383 g/mol. The van der Waals surface area contributed by atoms with Crippen LogP contribution in [0.5, 0.6) is 0 Å². The normalized spacial score (nSPS) is 17.7. The van der Waals surface area contributed by atoms with Gasteiger partial charge in [-0.1, -0.05) is 0 Å². The van der Waals surface area contributed by atoms with Crippen LogP contribution in [0.2, 0.25) is 0 Å². The van der Waals surface area contributed by atoms with Gasteiger partial charge in [0, 0.05) is 28.4 Å². The number of rotatable bonds is 3. The molecule has 4 aromatic rings. The Labute approximate surface area is 157 Å². The van der Waals surface area contributed by atoms with Crippen molar-refractivity contribution >= 4 is 32.9 Å². The highest BCUT2D eigenvalue weighted by Crippen LogP contribution is 2.34. The topological polar surface area (TPSA) is 62.1 Å². The highest BCUT2D eigenvalue weighted by atomic mass is 32.1. The molecule has 7 heteroatoms. The summed E-state index contributed by atoms with van der Waals surface area (Å²) in [4.78, 5) is 25.0. The van der Waals surface area contributed by atoms with E-state index in [0.717, 1.165) is 29.2 Å². The van der Waals surface area contributed by atoms with E-state index in [0.29, 0.717) is 23.7 Å². The molecule has 0 bridgehead atoms. The summed E-state index contributed by atoms with van der Waals surface area (Å²) < 4.78 is 5.45. The van der Waals surface area contributed by atoms with Gasteiger partial charge in [-0.25, -0.2) is 4.98 Å². The third-order valence-corrected chi connectivity index (χ3v) is 6.90. The molecule has 0 aromatic carbocycles. The summed E-state index contributed by atoms with van der Waals surface area (Å²) in [5, 5.41) is 4.72. The van der Waals surface area contributed by atoms with E-state index in [-0.39, 0.29) is 5.56 Å². The van der Waals surface area contributed by atoms with Crippen molar-refractivity contribution in [2.75, 3.05) is 6.54 Å². The number of aromatic nitrogens is 2. The van der Waals surface area contributed by atoms with E-state index in [1.54, 1.807) is 6.26 Å². The van der Waals surface area contributed by atoms with Crippen molar-refractivity contribution in [1.82, 2.24) is 14.9 Å². The fourth-order valence-corrected chi connectivity index (χ4v) is 5.56. The van der Waals surface area contributed by atoms with Gasteiger partial charge in [0.25, 0.3) is 5.56 Å². The number of hydrogen-bond donors (Lipinski definition) is 1. The molecule has 4 aromatic heterocycles. The maximum Gasteiger partial charge on any atom is 0.260 e. The summed E-state index contributed by atoms with van der Waals surface area (Å²) >= 11 is 3.32. The van der Waals surface area contributed by atoms with Crippen LogP contribution in [0.25, 0.3) is 21.5 Å². The van der Waals surface area contributed by atoms with Gasteiger partial charge >= 0.3 is 0 Å². The van der Waals surface area contributed by atoms with Crippen molar-refractivity contribution < 1.29 is 4.42 Å². The van der Waals surface area contributed by atoms with Crippen molar-refractivity contribution in [2.45, 2.75) is 25.9 Å². The quantitative estimate of drug-likeness (QED) is 0.569. The zero-order valence-corrected chi connectivity index (χ0v) is 15.8. The third kappa shape index (κ3) is 2.55. The molecule has 5 nitrogen and oxygen atoms in total. The number of aromatic amines is 1. The lowest BCUT2D eigenvalue weighted by Crippen LogP contribution is -2.33. The van der Waals surface area contributed by atoms with Gasteiger partial charge in [0.2, 0.25) is 0 Å². The van der Waals surface area contributed by atoms with Crippen molar-refractivity contribution in [3.63, 3.8) is 0 Å². The first-order valence-electron chi connectivity index (χ1n) is 8.55. The fourth-order valence-electron chi connectivity index (χ4n) is 3.65. The molecule has 1 aliphatic heterocycles. The predicted octanol–water partition coefficient (Wildman–Crippen LogP) is 4.43. The minimum Gasteiger partial charge on any atom is -0.464 e. The lowest BCUT2D eigenvalue weighted by molar-refractivity contribution is 0.186. The Bertz CT molecular complexity index is 1120. The first kappa shape index (κ1) is 16.0. The molecule has 5 rings (SSSR count).